The molecule has 0 aliphatic carbocycles. The average molecular weight is 439 g/mol. The molecule has 0 aromatic heterocycles. The van der Waals surface area contributed by atoms with Gasteiger partial charge in [0, 0.05) is 19.6 Å². The first-order valence-electron chi connectivity index (χ1n) is 9.07. The molecule has 0 amide bonds. The Morgan fingerprint density at radius 3 is 2.31 bits per heavy atom. The van der Waals surface area contributed by atoms with E-state index in [0.717, 1.165) is 12.3 Å². The largest absolute Gasteiger partial charge is 0.488 e. The Morgan fingerprint density at radius 1 is 1.14 bits per heavy atom. The molecule has 0 fully saturated rings. The summed E-state index contributed by atoms with van der Waals surface area (Å²) in [5.41, 5.74) is -1.42. The fourth-order valence-electron chi connectivity index (χ4n) is 2.30. The topological polar surface area (TPSA) is 91.8 Å². The molecule has 7 nitrogen and oxygen atoms in total. The zero-order valence-corrected chi connectivity index (χ0v) is 18.1. The Morgan fingerprint density at radius 2 is 1.79 bits per heavy atom. The molecule has 1 aromatic rings. The Bertz CT molecular complexity index is 804. The van der Waals surface area contributed by atoms with E-state index < -0.39 is 27.4 Å². The van der Waals surface area contributed by atoms with E-state index in [1.807, 2.05) is 6.92 Å². The lowest BCUT2D eigenvalue weighted by Gasteiger charge is -2.22. The zero-order valence-electron chi connectivity index (χ0n) is 17.3. The standard InChI is InChI=1S/C18H29F3N4O3S/c1-6-22-16(23-9-10-25-29(5,26)27)24-12-13-7-8-14(28-17(2,3)4)11-15(13)18(19,20)21/h7-8,11,25H,6,9-10,12H2,1-5H3,(H2,22,23,24). The van der Waals surface area contributed by atoms with Gasteiger partial charge in [-0.15, -0.1) is 0 Å². The van der Waals surface area contributed by atoms with E-state index >= 15 is 0 Å². The minimum absolute atomic E-state index is 0.00484. The van der Waals surface area contributed by atoms with E-state index in [-0.39, 0.29) is 36.9 Å². The highest BCUT2D eigenvalue weighted by molar-refractivity contribution is 7.88. The number of hydrogen-bond donors (Lipinski definition) is 3. The van der Waals surface area contributed by atoms with Gasteiger partial charge < -0.3 is 15.4 Å². The second-order valence-corrected chi connectivity index (χ2v) is 9.15. The number of halogens is 3. The molecule has 0 radical (unpaired) electrons. The van der Waals surface area contributed by atoms with Crippen LogP contribution in [0.5, 0.6) is 5.75 Å². The molecule has 0 heterocycles. The van der Waals surface area contributed by atoms with Crippen molar-refractivity contribution in [2.75, 3.05) is 25.9 Å². The van der Waals surface area contributed by atoms with E-state index in [0.29, 0.717) is 6.54 Å². The monoisotopic (exact) mass is 438 g/mol. The highest BCUT2D eigenvalue weighted by Gasteiger charge is 2.34. The van der Waals surface area contributed by atoms with Crippen LogP contribution in [-0.2, 0) is 22.7 Å². The molecular weight excluding hydrogens is 409 g/mol. The summed E-state index contributed by atoms with van der Waals surface area (Å²) in [6.07, 6.45) is -3.51. The smallest absolute Gasteiger partial charge is 0.416 e. The third-order valence-electron chi connectivity index (χ3n) is 3.34. The van der Waals surface area contributed by atoms with Gasteiger partial charge in [0.05, 0.1) is 18.4 Å². The van der Waals surface area contributed by atoms with E-state index in [1.165, 1.54) is 12.1 Å². The summed E-state index contributed by atoms with van der Waals surface area (Å²) in [5.74, 6) is 0.417. The SMILES string of the molecule is CCNC(=NCc1ccc(OC(C)(C)C)cc1C(F)(F)F)NCCNS(C)(=O)=O. The van der Waals surface area contributed by atoms with Gasteiger partial charge >= 0.3 is 6.18 Å². The van der Waals surface area contributed by atoms with Crippen molar-refractivity contribution in [3.63, 3.8) is 0 Å². The van der Waals surface area contributed by atoms with Crippen molar-refractivity contribution in [1.29, 1.82) is 0 Å². The van der Waals surface area contributed by atoms with Crippen molar-refractivity contribution >= 4 is 16.0 Å². The second kappa shape index (κ2) is 10.1. The van der Waals surface area contributed by atoms with Gasteiger partial charge in [0.15, 0.2) is 5.96 Å². The highest BCUT2D eigenvalue weighted by Crippen LogP contribution is 2.35. The molecule has 0 bridgehead atoms. The molecule has 0 aliphatic heterocycles. The van der Waals surface area contributed by atoms with Gasteiger partial charge in [0.25, 0.3) is 0 Å². The summed E-state index contributed by atoms with van der Waals surface area (Å²) in [6.45, 7) is 7.71. The molecular formula is C18H29F3N4O3S. The van der Waals surface area contributed by atoms with Crippen LogP contribution >= 0.6 is 0 Å². The fraction of sp³-hybridized carbons (Fsp3) is 0.611. The number of guanidine groups is 1. The van der Waals surface area contributed by atoms with Gasteiger partial charge in [0.2, 0.25) is 10.0 Å². The number of alkyl halides is 3. The number of hydrogen-bond acceptors (Lipinski definition) is 4. The molecule has 0 aliphatic rings. The summed E-state index contributed by atoms with van der Waals surface area (Å²) < 4.78 is 70.4. The summed E-state index contributed by atoms with van der Waals surface area (Å²) in [7, 11) is -3.32. The quantitative estimate of drug-likeness (QED) is 0.330. The van der Waals surface area contributed by atoms with Crippen LogP contribution < -0.4 is 20.1 Å². The number of rotatable bonds is 8. The maximum absolute atomic E-state index is 13.5. The zero-order chi connectivity index (χ0) is 22.3. The van der Waals surface area contributed by atoms with Gasteiger partial charge in [-0.25, -0.2) is 18.1 Å². The van der Waals surface area contributed by atoms with Crippen LogP contribution in [0.15, 0.2) is 23.2 Å². The van der Waals surface area contributed by atoms with Crippen LogP contribution in [0.25, 0.3) is 0 Å². The molecule has 0 atom stereocenters. The van der Waals surface area contributed by atoms with Crippen molar-refractivity contribution in [2.24, 2.45) is 4.99 Å². The summed E-state index contributed by atoms with van der Waals surface area (Å²) >= 11 is 0. The van der Waals surface area contributed by atoms with Crippen LogP contribution in [0.2, 0.25) is 0 Å². The van der Waals surface area contributed by atoms with E-state index in [2.05, 4.69) is 20.3 Å². The van der Waals surface area contributed by atoms with Crippen molar-refractivity contribution in [1.82, 2.24) is 15.4 Å². The maximum atomic E-state index is 13.5. The first-order valence-corrected chi connectivity index (χ1v) is 11.0. The number of aliphatic imine (C=N–C) groups is 1. The lowest BCUT2D eigenvalue weighted by atomic mass is 10.1. The number of ether oxygens (including phenoxy) is 1. The third kappa shape index (κ3) is 10.4. The van der Waals surface area contributed by atoms with Crippen LogP contribution in [0.1, 0.15) is 38.8 Å². The first kappa shape index (κ1) is 25.0. The molecule has 1 rings (SSSR count). The summed E-state index contributed by atoms with van der Waals surface area (Å²) in [6, 6.07) is 3.82. The van der Waals surface area contributed by atoms with Gasteiger partial charge in [-0.1, -0.05) is 6.07 Å². The third-order valence-corrected chi connectivity index (χ3v) is 4.07. The first-order chi connectivity index (χ1) is 13.2. The highest BCUT2D eigenvalue weighted by atomic mass is 32.2. The summed E-state index contributed by atoms with van der Waals surface area (Å²) in [4.78, 5) is 4.17. The lowest BCUT2D eigenvalue weighted by Crippen LogP contribution is -2.41. The van der Waals surface area contributed by atoms with Crippen LogP contribution in [0.3, 0.4) is 0 Å². The van der Waals surface area contributed by atoms with Crippen LogP contribution in [-0.4, -0.2) is 45.9 Å². The molecule has 0 saturated carbocycles. The number of benzene rings is 1. The number of nitrogens with zero attached hydrogens (tertiary/aromatic N) is 1. The Kier molecular flexibility index (Phi) is 8.76. The van der Waals surface area contributed by atoms with Crippen molar-refractivity contribution in [2.45, 2.75) is 46.0 Å². The van der Waals surface area contributed by atoms with E-state index in [1.54, 1.807) is 20.8 Å². The van der Waals surface area contributed by atoms with Gasteiger partial charge in [0.1, 0.15) is 11.4 Å². The molecule has 0 spiro atoms. The van der Waals surface area contributed by atoms with Crippen molar-refractivity contribution < 1.29 is 26.3 Å². The van der Waals surface area contributed by atoms with Gasteiger partial charge in [-0.05, 0) is 45.4 Å². The minimum atomic E-state index is -4.55. The fourth-order valence-corrected chi connectivity index (χ4v) is 2.77. The average Bonchev–Trinajstić information content (AvgIpc) is 2.54. The molecule has 0 saturated heterocycles. The van der Waals surface area contributed by atoms with Gasteiger partial charge in [-0.3, -0.25) is 0 Å². The second-order valence-electron chi connectivity index (χ2n) is 7.32. The number of sulfonamides is 1. The lowest BCUT2D eigenvalue weighted by molar-refractivity contribution is -0.138. The molecule has 0 unspecified atom stereocenters. The van der Waals surface area contributed by atoms with E-state index in [9.17, 15) is 21.6 Å². The minimum Gasteiger partial charge on any atom is -0.488 e. The molecule has 11 heteroatoms. The van der Waals surface area contributed by atoms with Gasteiger partial charge in [-0.2, -0.15) is 13.2 Å². The normalized spacial score (nSPS) is 13.3. The van der Waals surface area contributed by atoms with Crippen LogP contribution in [0, 0.1) is 0 Å². The van der Waals surface area contributed by atoms with Crippen molar-refractivity contribution in [3.05, 3.63) is 29.3 Å². The van der Waals surface area contributed by atoms with Crippen molar-refractivity contribution in [3.8, 4) is 5.75 Å². The molecule has 166 valence electrons. The molecule has 29 heavy (non-hydrogen) atoms. The number of nitrogens with one attached hydrogen (secondary N) is 3. The maximum Gasteiger partial charge on any atom is 0.416 e. The Hall–Kier alpha value is -2.01. The Labute approximate surface area is 170 Å². The van der Waals surface area contributed by atoms with E-state index in [4.69, 9.17) is 4.74 Å². The predicted octanol–water partition coefficient (Wildman–Crippen LogP) is 2.49. The molecule has 3 N–H and O–H groups in total. The predicted molar refractivity (Wildman–Crippen MR) is 107 cm³/mol. The Balaban J connectivity index is 2.96. The summed E-state index contributed by atoms with van der Waals surface area (Å²) in [5, 5.41) is 5.78. The van der Waals surface area contributed by atoms with Crippen LogP contribution in [0.4, 0.5) is 13.2 Å². The molecule has 1 aromatic carbocycles.